The van der Waals surface area contributed by atoms with Crippen LogP contribution in [0.1, 0.15) is 42.1 Å². The first kappa shape index (κ1) is 25.5. The van der Waals surface area contributed by atoms with Crippen LogP contribution in [0.3, 0.4) is 0 Å². The summed E-state index contributed by atoms with van der Waals surface area (Å²) in [4.78, 5) is 13.2. The van der Waals surface area contributed by atoms with Crippen LogP contribution in [0.15, 0.2) is 89.3 Å². The maximum absolute atomic E-state index is 14.3. The van der Waals surface area contributed by atoms with E-state index in [0.717, 1.165) is 5.56 Å². The molecule has 0 spiro atoms. The Morgan fingerprint density at radius 1 is 0.971 bits per heavy atom. The highest BCUT2D eigenvalue weighted by molar-refractivity contribution is 7.89. The second kappa shape index (κ2) is 10.5. The second-order valence-electron chi connectivity index (χ2n) is 8.24. The minimum atomic E-state index is -4.08. The Morgan fingerprint density at radius 2 is 1.69 bits per heavy atom. The maximum atomic E-state index is 14.3. The highest BCUT2D eigenvalue weighted by Gasteiger charge is 2.45. The van der Waals surface area contributed by atoms with Gasteiger partial charge in [-0.2, -0.15) is 4.31 Å². The molecule has 0 amide bonds. The van der Waals surface area contributed by atoms with Crippen LogP contribution in [0.25, 0.3) is 0 Å². The molecule has 0 bridgehead atoms. The minimum absolute atomic E-state index is 0.170. The van der Waals surface area contributed by atoms with Crippen molar-refractivity contribution in [2.45, 2.75) is 37.2 Å². The molecule has 0 unspecified atom stereocenters. The number of benzene rings is 3. The monoisotopic (exact) mass is 529 g/mol. The van der Waals surface area contributed by atoms with E-state index < -0.39 is 28.1 Å². The van der Waals surface area contributed by atoms with E-state index in [9.17, 15) is 13.2 Å². The fourth-order valence-corrected chi connectivity index (χ4v) is 6.75. The number of hydrogen-bond donors (Lipinski definition) is 0. The zero-order valence-corrected chi connectivity index (χ0v) is 21.6. The van der Waals surface area contributed by atoms with Crippen LogP contribution in [-0.2, 0) is 19.6 Å². The molecule has 0 aliphatic carbocycles. The summed E-state index contributed by atoms with van der Waals surface area (Å²) in [7, 11) is -4.08. The van der Waals surface area contributed by atoms with Gasteiger partial charge in [0.15, 0.2) is 0 Å². The molecule has 182 valence electrons. The molecule has 3 aromatic carbocycles. The van der Waals surface area contributed by atoms with Crippen molar-refractivity contribution in [3.8, 4) is 0 Å². The summed E-state index contributed by atoms with van der Waals surface area (Å²) in [6, 6.07) is 19.3. The SMILES string of the molecule is CCOC(=O)C1=CC[C@@H](c2ccc(Cl)cc2)N(S(=O)(=O)c2ccccc2C)[C@H]1c1cccc(Cl)c1. The number of esters is 1. The van der Waals surface area contributed by atoms with Gasteiger partial charge < -0.3 is 4.74 Å². The first-order valence-electron chi connectivity index (χ1n) is 11.2. The van der Waals surface area contributed by atoms with Gasteiger partial charge in [0.1, 0.15) is 0 Å². The largest absolute Gasteiger partial charge is 0.463 e. The van der Waals surface area contributed by atoms with E-state index in [1.807, 2.05) is 12.1 Å². The highest BCUT2D eigenvalue weighted by atomic mass is 35.5. The van der Waals surface area contributed by atoms with Crippen LogP contribution in [0, 0.1) is 6.92 Å². The summed E-state index contributed by atoms with van der Waals surface area (Å²) in [5, 5.41) is 0.986. The Balaban J connectivity index is 1.99. The summed E-state index contributed by atoms with van der Waals surface area (Å²) in [5.74, 6) is -0.558. The van der Waals surface area contributed by atoms with Crippen molar-refractivity contribution in [3.63, 3.8) is 0 Å². The van der Waals surface area contributed by atoms with E-state index in [2.05, 4.69) is 0 Å². The van der Waals surface area contributed by atoms with Gasteiger partial charge in [0.2, 0.25) is 10.0 Å². The van der Waals surface area contributed by atoms with Crippen molar-refractivity contribution >= 4 is 39.2 Å². The standard InChI is InChI=1S/C27H25Cl2NO4S/c1-3-34-27(31)23-15-16-24(19-11-13-21(28)14-12-19)30(26(23)20-8-6-9-22(29)17-20)35(32,33)25-10-5-4-7-18(25)2/h4-15,17,24,26H,3,16H2,1-2H3/t24-,26-/m0/s1. The zero-order valence-electron chi connectivity index (χ0n) is 19.3. The number of carbonyl (C=O) groups excluding carboxylic acids is 1. The van der Waals surface area contributed by atoms with Crippen molar-refractivity contribution in [2.24, 2.45) is 0 Å². The van der Waals surface area contributed by atoms with E-state index in [4.69, 9.17) is 27.9 Å². The third-order valence-electron chi connectivity index (χ3n) is 6.00. The van der Waals surface area contributed by atoms with E-state index in [-0.39, 0.29) is 23.5 Å². The van der Waals surface area contributed by atoms with E-state index in [0.29, 0.717) is 21.2 Å². The Labute approximate surface area is 216 Å². The molecule has 2 atom stereocenters. The summed E-state index contributed by atoms with van der Waals surface area (Å²) in [6.07, 6.45) is 2.06. The van der Waals surface area contributed by atoms with Crippen molar-refractivity contribution in [1.82, 2.24) is 4.31 Å². The van der Waals surface area contributed by atoms with Crippen LogP contribution in [0.2, 0.25) is 10.0 Å². The van der Waals surface area contributed by atoms with Crippen LogP contribution in [0.4, 0.5) is 0 Å². The predicted molar refractivity (Wildman–Crippen MR) is 138 cm³/mol. The lowest BCUT2D eigenvalue weighted by Gasteiger charge is -2.41. The third kappa shape index (κ3) is 5.16. The van der Waals surface area contributed by atoms with Gasteiger partial charge in [-0.1, -0.05) is 71.7 Å². The van der Waals surface area contributed by atoms with Gasteiger partial charge in [-0.05, 0) is 67.3 Å². The van der Waals surface area contributed by atoms with Crippen molar-refractivity contribution in [3.05, 3.63) is 111 Å². The molecule has 0 fully saturated rings. The van der Waals surface area contributed by atoms with Crippen molar-refractivity contribution < 1.29 is 17.9 Å². The first-order chi connectivity index (χ1) is 16.7. The molecular weight excluding hydrogens is 505 g/mol. The molecule has 3 aromatic rings. The fraction of sp³-hybridized carbons (Fsp3) is 0.222. The number of halogens is 2. The molecule has 8 heteroatoms. The smallest absolute Gasteiger partial charge is 0.335 e. The molecule has 0 radical (unpaired) electrons. The normalized spacial score (nSPS) is 18.7. The van der Waals surface area contributed by atoms with Crippen molar-refractivity contribution in [2.75, 3.05) is 6.61 Å². The Kier molecular flexibility index (Phi) is 7.67. The summed E-state index contributed by atoms with van der Waals surface area (Å²) >= 11 is 12.4. The molecule has 0 N–H and O–H groups in total. The molecule has 1 heterocycles. The van der Waals surface area contributed by atoms with Gasteiger partial charge in [-0.3, -0.25) is 0 Å². The highest BCUT2D eigenvalue weighted by Crippen LogP contribution is 2.46. The average Bonchev–Trinajstić information content (AvgIpc) is 2.84. The van der Waals surface area contributed by atoms with E-state index >= 15 is 0 Å². The topological polar surface area (TPSA) is 63.7 Å². The molecular formula is C27H25Cl2NO4S. The van der Waals surface area contributed by atoms with Gasteiger partial charge in [-0.25, -0.2) is 13.2 Å². The number of sulfonamides is 1. The molecule has 0 saturated heterocycles. The van der Waals surface area contributed by atoms with Crippen molar-refractivity contribution in [1.29, 1.82) is 0 Å². The maximum Gasteiger partial charge on any atom is 0.335 e. The number of hydrogen-bond acceptors (Lipinski definition) is 4. The number of rotatable bonds is 6. The quantitative estimate of drug-likeness (QED) is 0.334. The van der Waals surface area contributed by atoms with Crippen LogP contribution in [0.5, 0.6) is 0 Å². The lowest BCUT2D eigenvalue weighted by atomic mass is 9.89. The number of carbonyl (C=O) groups is 1. The van der Waals surface area contributed by atoms with Gasteiger partial charge >= 0.3 is 5.97 Å². The number of ether oxygens (including phenoxy) is 1. The molecule has 0 aromatic heterocycles. The van der Waals surface area contributed by atoms with Crippen LogP contribution >= 0.6 is 23.2 Å². The Morgan fingerprint density at radius 3 is 2.34 bits per heavy atom. The summed E-state index contributed by atoms with van der Waals surface area (Å²) in [5.41, 5.74) is 2.21. The number of nitrogens with zero attached hydrogens (tertiary/aromatic N) is 1. The third-order valence-corrected chi connectivity index (χ3v) is 8.52. The molecule has 0 saturated carbocycles. The van der Waals surface area contributed by atoms with E-state index in [1.165, 1.54) is 4.31 Å². The van der Waals surface area contributed by atoms with Gasteiger partial charge in [0, 0.05) is 10.0 Å². The van der Waals surface area contributed by atoms with Crippen LogP contribution < -0.4 is 0 Å². The molecule has 5 nitrogen and oxygen atoms in total. The van der Waals surface area contributed by atoms with Crippen LogP contribution in [-0.4, -0.2) is 25.3 Å². The molecule has 4 rings (SSSR count). The fourth-order valence-electron chi connectivity index (χ4n) is 4.42. The average molecular weight is 530 g/mol. The zero-order chi connectivity index (χ0) is 25.2. The van der Waals surface area contributed by atoms with Gasteiger partial charge in [-0.15, -0.1) is 0 Å². The van der Waals surface area contributed by atoms with Gasteiger partial charge in [0.05, 0.1) is 29.2 Å². The Bertz CT molecular complexity index is 1370. The van der Waals surface area contributed by atoms with E-state index in [1.54, 1.807) is 80.6 Å². The first-order valence-corrected chi connectivity index (χ1v) is 13.4. The molecule has 1 aliphatic rings. The predicted octanol–water partition coefficient (Wildman–Crippen LogP) is 6.67. The lowest BCUT2D eigenvalue weighted by Crippen LogP contribution is -2.43. The van der Waals surface area contributed by atoms with Gasteiger partial charge in [0.25, 0.3) is 0 Å². The molecule has 35 heavy (non-hydrogen) atoms. The lowest BCUT2D eigenvalue weighted by molar-refractivity contribution is -0.139. The number of aryl methyl sites for hydroxylation is 1. The second-order valence-corrected chi connectivity index (χ2v) is 10.9. The molecule has 1 aliphatic heterocycles. The summed E-state index contributed by atoms with van der Waals surface area (Å²) < 4.78 is 35.4. The minimum Gasteiger partial charge on any atom is -0.463 e. The summed E-state index contributed by atoms with van der Waals surface area (Å²) in [6.45, 7) is 3.64. The Hall–Kier alpha value is -2.64.